The van der Waals surface area contributed by atoms with Gasteiger partial charge in [0.15, 0.2) is 0 Å². The van der Waals surface area contributed by atoms with Crippen molar-refractivity contribution >= 4 is 15.7 Å². The molecule has 6 heteroatoms. The number of benzene rings is 1. The quantitative estimate of drug-likeness (QED) is 0.602. The summed E-state index contributed by atoms with van der Waals surface area (Å²) >= 11 is 0. The lowest BCUT2D eigenvalue weighted by Gasteiger charge is -2.08. The zero-order chi connectivity index (χ0) is 14.1. The summed E-state index contributed by atoms with van der Waals surface area (Å²) in [5, 5.41) is 11.8. The number of hydrogen-bond acceptors (Lipinski definition) is 4. The average Bonchev–Trinajstić information content (AvgIpc) is 2.42. The highest BCUT2D eigenvalue weighted by molar-refractivity contribution is 7.89. The maximum absolute atomic E-state index is 11.8. The molecule has 0 aliphatic heterocycles. The molecule has 0 atom stereocenters. The van der Waals surface area contributed by atoms with Gasteiger partial charge in [0.1, 0.15) is 0 Å². The third-order valence-electron chi connectivity index (χ3n) is 2.62. The maximum atomic E-state index is 11.8. The molecular formula is C13H22N2O3S. The number of aliphatic hydroxyl groups excluding tert-OH is 1. The van der Waals surface area contributed by atoms with Crippen molar-refractivity contribution in [3.05, 3.63) is 24.3 Å². The predicted molar refractivity (Wildman–Crippen MR) is 76.7 cm³/mol. The lowest BCUT2D eigenvalue weighted by atomic mass is 10.3. The van der Waals surface area contributed by atoms with Gasteiger partial charge < -0.3 is 10.4 Å². The molecule has 3 N–H and O–H groups in total. The molecule has 19 heavy (non-hydrogen) atoms. The second-order valence-corrected chi connectivity index (χ2v) is 6.05. The van der Waals surface area contributed by atoms with Crippen molar-refractivity contribution in [2.75, 3.05) is 25.0 Å². The molecule has 1 aromatic carbocycles. The summed E-state index contributed by atoms with van der Waals surface area (Å²) in [7, 11) is -3.38. The molecule has 0 bridgehead atoms. The van der Waals surface area contributed by atoms with E-state index >= 15 is 0 Å². The monoisotopic (exact) mass is 286 g/mol. The Morgan fingerprint density at radius 2 is 1.79 bits per heavy atom. The summed E-state index contributed by atoms with van der Waals surface area (Å²) in [6.07, 6.45) is 2.42. The summed E-state index contributed by atoms with van der Waals surface area (Å²) in [5.41, 5.74) is 0.882. The van der Waals surface area contributed by atoms with Crippen LogP contribution in [0, 0.1) is 0 Å². The van der Waals surface area contributed by atoms with E-state index in [2.05, 4.69) is 10.0 Å². The minimum absolute atomic E-state index is 0.196. The van der Waals surface area contributed by atoms with Gasteiger partial charge in [-0.1, -0.05) is 6.92 Å². The van der Waals surface area contributed by atoms with E-state index in [1.807, 2.05) is 6.92 Å². The molecule has 1 aromatic rings. The fourth-order valence-electron chi connectivity index (χ4n) is 1.54. The summed E-state index contributed by atoms with van der Waals surface area (Å²) in [6, 6.07) is 6.68. The van der Waals surface area contributed by atoms with Crippen molar-refractivity contribution in [2.45, 2.75) is 31.1 Å². The zero-order valence-corrected chi connectivity index (χ0v) is 12.0. The lowest BCUT2D eigenvalue weighted by Crippen LogP contribution is -2.24. The fraction of sp³-hybridized carbons (Fsp3) is 0.538. The molecule has 0 saturated heterocycles. The Morgan fingerprint density at radius 1 is 1.11 bits per heavy atom. The van der Waals surface area contributed by atoms with Crippen molar-refractivity contribution in [3.8, 4) is 0 Å². The zero-order valence-electron chi connectivity index (χ0n) is 11.2. The van der Waals surface area contributed by atoms with Gasteiger partial charge in [0.05, 0.1) is 4.90 Å². The van der Waals surface area contributed by atoms with Gasteiger partial charge in [-0.2, -0.15) is 0 Å². The van der Waals surface area contributed by atoms with Crippen LogP contribution in [0.2, 0.25) is 0 Å². The van der Waals surface area contributed by atoms with Gasteiger partial charge in [-0.25, -0.2) is 13.1 Å². The van der Waals surface area contributed by atoms with Crippen molar-refractivity contribution in [3.63, 3.8) is 0 Å². The molecule has 0 aliphatic rings. The minimum Gasteiger partial charge on any atom is -0.396 e. The van der Waals surface area contributed by atoms with Gasteiger partial charge in [0.2, 0.25) is 10.0 Å². The Morgan fingerprint density at radius 3 is 2.37 bits per heavy atom. The maximum Gasteiger partial charge on any atom is 0.240 e. The second-order valence-electron chi connectivity index (χ2n) is 4.28. The molecule has 0 unspecified atom stereocenters. The average molecular weight is 286 g/mol. The predicted octanol–water partition coefficient (Wildman–Crippen LogP) is 1.56. The van der Waals surface area contributed by atoms with Crippen LogP contribution >= 0.6 is 0 Å². The second kappa shape index (κ2) is 8.14. The number of nitrogens with one attached hydrogen (secondary N) is 2. The van der Waals surface area contributed by atoms with E-state index < -0.39 is 10.0 Å². The molecule has 5 nitrogen and oxygen atoms in total. The number of anilines is 1. The Bertz CT molecular complexity index is 457. The molecule has 0 fully saturated rings. The van der Waals surface area contributed by atoms with Gasteiger partial charge in [0, 0.05) is 25.4 Å². The van der Waals surface area contributed by atoms with Gasteiger partial charge in [-0.3, -0.25) is 0 Å². The number of aliphatic hydroxyl groups is 1. The van der Waals surface area contributed by atoms with E-state index in [4.69, 9.17) is 5.11 Å². The van der Waals surface area contributed by atoms with Gasteiger partial charge in [-0.05, 0) is 43.5 Å². The molecule has 0 aliphatic carbocycles. The molecule has 0 spiro atoms. The largest absolute Gasteiger partial charge is 0.396 e. The van der Waals surface area contributed by atoms with E-state index in [1.54, 1.807) is 24.3 Å². The van der Waals surface area contributed by atoms with Crippen molar-refractivity contribution < 1.29 is 13.5 Å². The first-order valence-corrected chi connectivity index (χ1v) is 8.03. The van der Waals surface area contributed by atoms with E-state index in [1.165, 1.54) is 0 Å². The summed E-state index contributed by atoms with van der Waals surface area (Å²) in [5.74, 6) is 0. The summed E-state index contributed by atoms with van der Waals surface area (Å²) < 4.78 is 26.2. The molecule has 0 saturated carbocycles. The third-order valence-corrected chi connectivity index (χ3v) is 4.10. The van der Waals surface area contributed by atoms with Gasteiger partial charge in [-0.15, -0.1) is 0 Å². The molecule has 0 radical (unpaired) electrons. The standard InChI is InChI=1S/C13H22N2O3S/c1-2-9-15-19(17,18)13-7-5-12(6-8-13)14-10-3-4-11-16/h5-8,14-16H,2-4,9-11H2,1H3. The normalized spacial score (nSPS) is 11.5. The minimum atomic E-state index is -3.38. The summed E-state index contributed by atoms with van der Waals surface area (Å²) in [4.78, 5) is 0.279. The highest BCUT2D eigenvalue weighted by Crippen LogP contribution is 2.14. The number of unbranched alkanes of at least 4 members (excludes halogenated alkanes) is 1. The molecule has 0 amide bonds. The van der Waals surface area contributed by atoms with Gasteiger partial charge in [0.25, 0.3) is 0 Å². The van der Waals surface area contributed by atoms with Crippen LogP contribution < -0.4 is 10.0 Å². The van der Waals surface area contributed by atoms with Crippen LogP contribution in [0.5, 0.6) is 0 Å². The molecular weight excluding hydrogens is 264 g/mol. The van der Waals surface area contributed by atoms with Crippen LogP contribution in [0.3, 0.4) is 0 Å². The first-order valence-electron chi connectivity index (χ1n) is 6.54. The Balaban J connectivity index is 2.56. The first-order chi connectivity index (χ1) is 9.10. The van der Waals surface area contributed by atoms with Crippen LogP contribution in [-0.4, -0.2) is 33.2 Å². The third kappa shape index (κ3) is 5.59. The molecule has 1 rings (SSSR count). The van der Waals surface area contributed by atoms with Crippen molar-refractivity contribution in [1.82, 2.24) is 4.72 Å². The van der Waals surface area contributed by atoms with E-state index in [9.17, 15) is 8.42 Å². The van der Waals surface area contributed by atoms with Crippen LogP contribution in [0.15, 0.2) is 29.2 Å². The lowest BCUT2D eigenvalue weighted by molar-refractivity contribution is 0.286. The molecule has 0 aromatic heterocycles. The highest BCUT2D eigenvalue weighted by atomic mass is 32.2. The highest BCUT2D eigenvalue weighted by Gasteiger charge is 2.12. The van der Waals surface area contributed by atoms with E-state index in [0.717, 1.165) is 31.5 Å². The van der Waals surface area contributed by atoms with Crippen LogP contribution in [-0.2, 0) is 10.0 Å². The van der Waals surface area contributed by atoms with E-state index in [0.29, 0.717) is 6.54 Å². The topological polar surface area (TPSA) is 78.4 Å². The molecule has 0 heterocycles. The van der Waals surface area contributed by atoms with Gasteiger partial charge >= 0.3 is 0 Å². The van der Waals surface area contributed by atoms with Crippen LogP contribution in [0.4, 0.5) is 5.69 Å². The van der Waals surface area contributed by atoms with E-state index in [-0.39, 0.29) is 11.5 Å². The van der Waals surface area contributed by atoms with Crippen LogP contribution in [0.25, 0.3) is 0 Å². The number of rotatable bonds is 9. The van der Waals surface area contributed by atoms with Crippen LogP contribution in [0.1, 0.15) is 26.2 Å². The number of hydrogen-bond donors (Lipinski definition) is 3. The first kappa shape index (κ1) is 15.9. The Hall–Kier alpha value is -1.11. The summed E-state index contributed by atoms with van der Waals surface area (Å²) in [6.45, 7) is 3.33. The number of sulfonamides is 1. The Kier molecular flexibility index (Phi) is 6.83. The SMILES string of the molecule is CCCNS(=O)(=O)c1ccc(NCCCCO)cc1. The smallest absolute Gasteiger partial charge is 0.240 e. The Labute approximate surface area is 115 Å². The van der Waals surface area contributed by atoms with Crippen molar-refractivity contribution in [2.24, 2.45) is 0 Å². The van der Waals surface area contributed by atoms with Crippen molar-refractivity contribution in [1.29, 1.82) is 0 Å². The molecule has 108 valence electrons. The fourth-order valence-corrected chi connectivity index (χ4v) is 2.68.